The Hall–Kier alpha value is -3.16. The summed E-state index contributed by atoms with van der Waals surface area (Å²) in [6.07, 6.45) is 2.39. The van der Waals surface area contributed by atoms with Crippen molar-refractivity contribution in [2.75, 3.05) is 0 Å². The zero-order valence-electron chi connectivity index (χ0n) is 16.1. The first kappa shape index (κ1) is 18.2. The minimum absolute atomic E-state index is 1.24. The van der Waals surface area contributed by atoms with Crippen LogP contribution in [0.15, 0.2) is 121 Å². The molecule has 0 spiro atoms. The quantitative estimate of drug-likeness (QED) is 0.311. The molecule has 4 aromatic carbocycles. The molecule has 28 heavy (non-hydrogen) atoms. The molecule has 0 N–H and O–H groups in total. The van der Waals surface area contributed by atoms with Crippen molar-refractivity contribution in [3.63, 3.8) is 0 Å². The highest BCUT2D eigenvalue weighted by Gasteiger charge is 2.36. The molecule has 0 aliphatic heterocycles. The second-order valence-electron chi connectivity index (χ2n) is 7.19. The molecule has 0 radical (unpaired) electrons. The summed E-state index contributed by atoms with van der Waals surface area (Å²) >= 11 is 0. The van der Waals surface area contributed by atoms with Crippen molar-refractivity contribution in [1.82, 2.24) is 0 Å². The molecule has 0 aliphatic carbocycles. The third kappa shape index (κ3) is 3.62. The number of hydrogen-bond acceptors (Lipinski definition) is 0. The van der Waals surface area contributed by atoms with Crippen molar-refractivity contribution >= 4 is 29.7 Å². The van der Waals surface area contributed by atoms with Gasteiger partial charge in [-0.05, 0) is 26.7 Å². The fraction of sp³-hybridized carbons (Fsp3) is 0.0370. The van der Waals surface area contributed by atoms with Crippen molar-refractivity contribution < 1.29 is 0 Å². The van der Waals surface area contributed by atoms with Crippen LogP contribution < -0.4 is 10.4 Å². The fourth-order valence-electron chi connectivity index (χ4n) is 3.87. The van der Waals surface area contributed by atoms with E-state index in [0.717, 1.165) is 0 Å². The van der Waals surface area contributed by atoms with Crippen molar-refractivity contribution in [3.8, 4) is 0 Å². The fourth-order valence-corrected chi connectivity index (χ4v) is 7.74. The molecule has 4 aromatic rings. The van der Waals surface area contributed by atoms with Crippen molar-refractivity contribution in [2.45, 2.75) is 6.55 Å². The van der Waals surface area contributed by atoms with E-state index in [4.69, 9.17) is 0 Å². The third-order valence-electron chi connectivity index (χ3n) is 5.44. The summed E-state index contributed by atoms with van der Waals surface area (Å²) in [4.78, 5) is 0. The van der Waals surface area contributed by atoms with Crippen molar-refractivity contribution in [1.29, 1.82) is 0 Å². The van der Waals surface area contributed by atoms with Gasteiger partial charge in [-0.3, -0.25) is 0 Å². The summed E-state index contributed by atoms with van der Waals surface area (Å²) < 4.78 is 0. The molecule has 0 aromatic heterocycles. The van der Waals surface area contributed by atoms with Gasteiger partial charge in [0.05, 0.1) is 0 Å². The zero-order valence-corrected chi connectivity index (χ0v) is 17.1. The minimum atomic E-state index is -2.19. The lowest BCUT2D eigenvalue weighted by atomic mass is 10.1. The first-order valence-electron chi connectivity index (χ1n) is 9.72. The Morgan fingerprint density at radius 3 is 1.39 bits per heavy atom. The van der Waals surface area contributed by atoms with Gasteiger partial charge < -0.3 is 0 Å². The van der Waals surface area contributed by atoms with E-state index in [1.54, 1.807) is 0 Å². The molecule has 136 valence electrons. The molecule has 0 unspecified atom stereocenters. The summed E-state index contributed by atoms with van der Waals surface area (Å²) in [6.45, 7) is 2.47. The van der Waals surface area contributed by atoms with E-state index in [0.29, 0.717) is 0 Å². The molecule has 0 heterocycles. The molecule has 0 saturated heterocycles. The van der Waals surface area contributed by atoms with Crippen LogP contribution in [0.2, 0.25) is 6.55 Å². The summed E-state index contributed by atoms with van der Waals surface area (Å²) in [6, 6.07) is 43.5. The average Bonchev–Trinajstić information content (AvgIpc) is 2.79. The second kappa shape index (κ2) is 8.24. The molecule has 1 heteroatoms. The van der Waals surface area contributed by atoms with Crippen molar-refractivity contribution in [3.05, 3.63) is 132 Å². The number of rotatable bonds is 5. The Labute approximate surface area is 168 Å². The van der Waals surface area contributed by atoms with Crippen LogP contribution in [-0.4, -0.2) is 8.07 Å². The van der Waals surface area contributed by atoms with Gasteiger partial charge in [0.2, 0.25) is 0 Å². The molecule has 0 atom stereocenters. The van der Waals surface area contributed by atoms with Crippen LogP contribution in [0.4, 0.5) is 0 Å². The minimum Gasteiger partial charge on any atom is -0.0624 e. The van der Waals surface area contributed by atoms with Gasteiger partial charge in [0.1, 0.15) is 8.07 Å². The maximum absolute atomic E-state index is 2.47. The first-order chi connectivity index (χ1) is 13.8. The highest BCUT2D eigenvalue weighted by Crippen LogP contribution is 2.28. The lowest BCUT2D eigenvalue weighted by molar-refractivity contribution is 1.61. The van der Waals surface area contributed by atoms with Crippen LogP contribution in [0.1, 0.15) is 11.1 Å². The van der Waals surface area contributed by atoms with Gasteiger partial charge in [-0.15, -0.1) is 0 Å². The van der Waals surface area contributed by atoms with Gasteiger partial charge in [-0.1, -0.05) is 134 Å². The summed E-state index contributed by atoms with van der Waals surface area (Å²) in [5.74, 6) is 0. The van der Waals surface area contributed by atoms with E-state index in [1.807, 2.05) is 0 Å². The van der Waals surface area contributed by atoms with E-state index in [2.05, 4.69) is 134 Å². The summed E-state index contributed by atoms with van der Waals surface area (Å²) in [5.41, 5.74) is 2.54. The largest absolute Gasteiger partial charge is 0.146 e. The van der Waals surface area contributed by atoms with Crippen LogP contribution in [0, 0.1) is 0 Å². The first-order valence-corrected chi connectivity index (χ1v) is 12.2. The van der Waals surface area contributed by atoms with Gasteiger partial charge in [-0.2, -0.15) is 0 Å². The van der Waals surface area contributed by atoms with Gasteiger partial charge in [0.15, 0.2) is 0 Å². The summed E-state index contributed by atoms with van der Waals surface area (Å²) in [5, 5.41) is 4.27. The molecule has 0 nitrogen and oxygen atoms in total. The Bertz CT molecular complexity index is 997. The van der Waals surface area contributed by atoms with Gasteiger partial charge in [0.25, 0.3) is 0 Å². The molecule has 0 saturated carbocycles. The van der Waals surface area contributed by atoms with Crippen LogP contribution in [0.3, 0.4) is 0 Å². The second-order valence-corrected chi connectivity index (χ2v) is 11.1. The SMILES string of the molecule is C[Si](/C(=C/c1ccccc1)c1ccccc1)(c1ccccc1)c1ccccc1. The lowest BCUT2D eigenvalue weighted by Gasteiger charge is -2.32. The Balaban J connectivity index is 2.01. The van der Waals surface area contributed by atoms with E-state index < -0.39 is 8.07 Å². The van der Waals surface area contributed by atoms with Crippen LogP contribution in [0.5, 0.6) is 0 Å². The molecular formula is C27H24Si. The topological polar surface area (TPSA) is 0 Å². The molecule has 0 amide bonds. The number of hydrogen-bond donors (Lipinski definition) is 0. The zero-order chi connectivity index (χ0) is 19.2. The van der Waals surface area contributed by atoms with E-state index in [-0.39, 0.29) is 0 Å². The van der Waals surface area contributed by atoms with Crippen LogP contribution in [-0.2, 0) is 0 Å². The molecule has 0 aliphatic rings. The predicted molar refractivity (Wildman–Crippen MR) is 125 cm³/mol. The lowest BCUT2D eigenvalue weighted by Crippen LogP contribution is -2.56. The van der Waals surface area contributed by atoms with E-state index in [9.17, 15) is 0 Å². The number of benzene rings is 4. The molecule has 0 bridgehead atoms. The molecule has 4 rings (SSSR count). The summed E-state index contributed by atoms with van der Waals surface area (Å²) in [7, 11) is -2.19. The standard InChI is InChI=1S/C27H24Si/c1-28(25-18-10-4-11-19-25,26-20-12-5-13-21-26)27(24-16-8-3-9-17-24)22-23-14-6-2-7-15-23/h2-22H,1H3/b27-22+. The molecule has 0 fully saturated rings. The van der Waals surface area contributed by atoms with Crippen LogP contribution >= 0.6 is 0 Å². The van der Waals surface area contributed by atoms with Crippen molar-refractivity contribution in [2.24, 2.45) is 0 Å². The smallest absolute Gasteiger partial charge is 0.0624 e. The molecular weight excluding hydrogens is 352 g/mol. The normalized spacial score (nSPS) is 12.0. The highest BCUT2D eigenvalue weighted by atomic mass is 28.3. The van der Waals surface area contributed by atoms with Gasteiger partial charge in [0, 0.05) is 0 Å². The Morgan fingerprint density at radius 2 is 0.929 bits per heavy atom. The monoisotopic (exact) mass is 376 g/mol. The highest BCUT2D eigenvalue weighted by molar-refractivity contribution is 7.14. The Kier molecular flexibility index (Phi) is 5.36. The van der Waals surface area contributed by atoms with Crippen LogP contribution in [0.25, 0.3) is 11.3 Å². The Morgan fingerprint density at radius 1 is 0.536 bits per heavy atom. The van der Waals surface area contributed by atoms with Gasteiger partial charge in [-0.25, -0.2) is 0 Å². The maximum Gasteiger partial charge on any atom is 0.146 e. The van der Waals surface area contributed by atoms with E-state index >= 15 is 0 Å². The van der Waals surface area contributed by atoms with E-state index in [1.165, 1.54) is 26.7 Å². The maximum atomic E-state index is 2.47. The van der Waals surface area contributed by atoms with Gasteiger partial charge >= 0.3 is 0 Å². The predicted octanol–water partition coefficient (Wildman–Crippen LogP) is 5.66. The average molecular weight is 377 g/mol. The third-order valence-corrected chi connectivity index (χ3v) is 9.92.